The number of morpholine rings is 1. The maximum Gasteiger partial charge on any atom is 0.227 e. The van der Waals surface area contributed by atoms with Crippen LogP contribution in [0, 0.1) is 0 Å². The summed E-state index contributed by atoms with van der Waals surface area (Å²) < 4.78 is 7.29. The molecule has 27 heavy (non-hydrogen) atoms. The molecule has 2 aliphatic rings. The third kappa shape index (κ3) is 4.19. The van der Waals surface area contributed by atoms with E-state index in [9.17, 15) is 0 Å². The maximum atomic E-state index is 5.44. The number of ether oxygens (including phenoxy) is 1. The third-order valence-electron chi connectivity index (χ3n) is 5.48. The monoisotopic (exact) mass is 372 g/mol. The molecular formula is C18H28N8O. The van der Waals surface area contributed by atoms with Gasteiger partial charge in [-0.2, -0.15) is 10.1 Å². The van der Waals surface area contributed by atoms with Crippen molar-refractivity contribution in [3.05, 3.63) is 24.4 Å². The highest BCUT2D eigenvalue weighted by Gasteiger charge is 2.26. The number of piperidine rings is 1. The molecule has 2 fully saturated rings. The second-order valence-corrected chi connectivity index (χ2v) is 7.26. The Morgan fingerprint density at radius 2 is 2.07 bits per heavy atom. The lowest BCUT2D eigenvalue weighted by Gasteiger charge is -2.37. The van der Waals surface area contributed by atoms with Crippen molar-refractivity contribution in [2.75, 3.05) is 56.2 Å². The molecule has 9 heteroatoms. The smallest absolute Gasteiger partial charge is 0.227 e. The van der Waals surface area contributed by atoms with E-state index in [-0.39, 0.29) is 0 Å². The number of aromatic nitrogens is 5. The highest BCUT2D eigenvalue weighted by molar-refractivity contribution is 5.44. The van der Waals surface area contributed by atoms with Crippen molar-refractivity contribution < 1.29 is 4.74 Å². The van der Waals surface area contributed by atoms with Gasteiger partial charge < -0.3 is 14.5 Å². The molecule has 0 radical (unpaired) electrons. The van der Waals surface area contributed by atoms with Gasteiger partial charge in [-0.3, -0.25) is 9.58 Å². The zero-order valence-electron chi connectivity index (χ0n) is 16.2. The first kappa shape index (κ1) is 18.1. The van der Waals surface area contributed by atoms with Gasteiger partial charge in [0.15, 0.2) is 0 Å². The van der Waals surface area contributed by atoms with Gasteiger partial charge >= 0.3 is 0 Å². The van der Waals surface area contributed by atoms with Crippen molar-refractivity contribution in [1.82, 2.24) is 29.6 Å². The zero-order valence-corrected chi connectivity index (χ0v) is 16.2. The van der Waals surface area contributed by atoms with Gasteiger partial charge in [-0.25, -0.2) is 9.97 Å². The Morgan fingerprint density at radius 1 is 1.22 bits per heavy atom. The highest BCUT2D eigenvalue weighted by Crippen LogP contribution is 2.22. The summed E-state index contributed by atoms with van der Waals surface area (Å²) in [7, 11) is 4.05. The number of hydrogen-bond donors (Lipinski definition) is 0. The molecule has 146 valence electrons. The minimum atomic E-state index is 0.395. The fraction of sp³-hybridized carbons (Fsp3) is 0.667. The zero-order chi connectivity index (χ0) is 18.6. The maximum absolute atomic E-state index is 5.44. The Bertz CT molecular complexity index is 744. The predicted molar refractivity (Wildman–Crippen MR) is 103 cm³/mol. The lowest BCUT2D eigenvalue weighted by Crippen LogP contribution is -2.47. The summed E-state index contributed by atoms with van der Waals surface area (Å²) in [6, 6.07) is 2.39. The molecule has 0 aromatic carbocycles. The number of aryl methyl sites for hydroxylation is 1. The van der Waals surface area contributed by atoms with Crippen molar-refractivity contribution in [2.24, 2.45) is 7.05 Å². The Morgan fingerprint density at radius 3 is 2.85 bits per heavy atom. The molecule has 1 unspecified atom stereocenters. The van der Waals surface area contributed by atoms with Gasteiger partial charge in [-0.1, -0.05) is 0 Å². The van der Waals surface area contributed by atoms with Crippen molar-refractivity contribution in [3.8, 4) is 0 Å². The standard InChI is InChI=1S/C18H28N8O/c1-23(18-19-6-5-16(22-18)26-8-10-27-11-9-26)15-4-3-7-25(12-15)13-17-20-14-21-24(17)2/h5-6,14-15H,3-4,7-13H2,1-2H3. The first-order valence-corrected chi connectivity index (χ1v) is 9.64. The summed E-state index contributed by atoms with van der Waals surface area (Å²) in [6.45, 7) is 6.18. The Labute approximate surface area is 160 Å². The molecule has 9 nitrogen and oxygen atoms in total. The Hall–Kier alpha value is -2.26. The first-order valence-electron chi connectivity index (χ1n) is 9.64. The summed E-state index contributed by atoms with van der Waals surface area (Å²) >= 11 is 0. The first-order chi connectivity index (χ1) is 13.2. The molecule has 0 N–H and O–H groups in total. The molecule has 2 aliphatic heterocycles. The molecular weight excluding hydrogens is 344 g/mol. The van der Waals surface area contributed by atoms with Crippen LogP contribution in [0.4, 0.5) is 11.8 Å². The van der Waals surface area contributed by atoms with Crippen LogP contribution in [0.25, 0.3) is 0 Å². The van der Waals surface area contributed by atoms with Crippen LogP contribution in [0.5, 0.6) is 0 Å². The highest BCUT2D eigenvalue weighted by atomic mass is 16.5. The molecule has 0 spiro atoms. The van der Waals surface area contributed by atoms with E-state index in [0.29, 0.717) is 6.04 Å². The van der Waals surface area contributed by atoms with Crippen LogP contribution in [0.15, 0.2) is 18.6 Å². The van der Waals surface area contributed by atoms with Crippen molar-refractivity contribution in [3.63, 3.8) is 0 Å². The van der Waals surface area contributed by atoms with E-state index in [1.165, 1.54) is 0 Å². The van der Waals surface area contributed by atoms with Crippen LogP contribution in [0.2, 0.25) is 0 Å². The lowest BCUT2D eigenvalue weighted by atomic mass is 10.0. The van der Waals surface area contributed by atoms with Crippen molar-refractivity contribution in [1.29, 1.82) is 0 Å². The van der Waals surface area contributed by atoms with Gasteiger partial charge in [-0.15, -0.1) is 0 Å². The largest absolute Gasteiger partial charge is 0.378 e. The van der Waals surface area contributed by atoms with Crippen LogP contribution >= 0.6 is 0 Å². The summed E-state index contributed by atoms with van der Waals surface area (Å²) in [5, 5.41) is 4.17. The number of likely N-dealkylation sites (N-methyl/N-ethyl adjacent to an activating group) is 1. The van der Waals surface area contributed by atoms with Gasteiger partial charge in [0.25, 0.3) is 0 Å². The molecule has 1 atom stereocenters. The van der Waals surface area contributed by atoms with Gasteiger partial charge in [0, 0.05) is 46.0 Å². The van der Waals surface area contributed by atoms with Crippen molar-refractivity contribution in [2.45, 2.75) is 25.4 Å². The molecule has 2 saturated heterocycles. The number of hydrogen-bond acceptors (Lipinski definition) is 8. The van der Waals surface area contributed by atoms with E-state index in [1.54, 1.807) is 6.33 Å². The minimum absolute atomic E-state index is 0.395. The van der Waals surface area contributed by atoms with E-state index < -0.39 is 0 Å². The van der Waals surface area contributed by atoms with Crippen LogP contribution < -0.4 is 9.80 Å². The molecule has 4 rings (SSSR count). The minimum Gasteiger partial charge on any atom is -0.378 e. The average Bonchev–Trinajstić information content (AvgIpc) is 3.13. The van der Waals surface area contributed by atoms with Crippen LogP contribution in [0.3, 0.4) is 0 Å². The summed E-state index contributed by atoms with van der Waals surface area (Å²) in [5.41, 5.74) is 0. The van der Waals surface area contributed by atoms with Gasteiger partial charge in [0.1, 0.15) is 18.0 Å². The Kier molecular flexibility index (Phi) is 5.49. The van der Waals surface area contributed by atoms with Crippen LogP contribution in [-0.2, 0) is 18.3 Å². The van der Waals surface area contributed by atoms with E-state index in [2.05, 4.69) is 36.8 Å². The molecule has 4 heterocycles. The van der Waals surface area contributed by atoms with E-state index in [4.69, 9.17) is 9.72 Å². The number of anilines is 2. The summed E-state index contributed by atoms with van der Waals surface area (Å²) in [6.07, 6.45) is 5.80. The molecule has 2 aromatic heterocycles. The van der Waals surface area contributed by atoms with E-state index in [0.717, 1.165) is 76.4 Å². The second kappa shape index (κ2) is 8.18. The van der Waals surface area contributed by atoms with Crippen LogP contribution in [-0.4, -0.2) is 82.1 Å². The lowest BCUT2D eigenvalue weighted by molar-refractivity contribution is 0.122. The van der Waals surface area contributed by atoms with Gasteiger partial charge in [0.2, 0.25) is 5.95 Å². The van der Waals surface area contributed by atoms with Crippen molar-refractivity contribution >= 4 is 11.8 Å². The fourth-order valence-corrected chi connectivity index (χ4v) is 3.80. The molecule has 0 bridgehead atoms. The normalized spacial score (nSPS) is 21.4. The molecule has 0 saturated carbocycles. The summed E-state index contributed by atoms with van der Waals surface area (Å²) in [4.78, 5) is 20.7. The number of rotatable bonds is 5. The molecule has 0 aliphatic carbocycles. The Balaban J connectivity index is 1.42. The van der Waals surface area contributed by atoms with Crippen LogP contribution in [0.1, 0.15) is 18.7 Å². The molecule has 2 aromatic rings. The predicted octanol–water partition coefficient (Wildman–Crippen LogP) is 0.543. The number of nitrogens with zero attached hydrogens (tertiary/aromatic N) is 8. The third-order valence-corrected chi connectivity index (χ3v) is 5.48. The number of likely N-dealkylation sites (tertiary alicyclic amines) is 1. The second-order valence-electron chi connectivity index (χ2n) is 7.26. The summed E-state index contributed by atoms with van der Waals surface area (Å²) in [5.74, 6) is 2.79. The van der Waals surface area contributed by atoms with E-state index >= 15 is 0 Å². The average molecular weight is 372 g/mol. The van der Waals surface area contributed by atoms with E-state index in [1.807, 2.05) is 24.0 Å². The molecule has 0 amide bonds. The van der Waals surface area contributed by atoms with Gasteiger partial charge in [-0.05, 0) is 25.5 Å². The SMILES string of the molecule is CN(c1nccc(N2CCOCC2)n1)C1CCCN(Cc2ncnn2C)C1. The fourth-order valence-electron chi connectivity index (χ4n) is 3.80. The van der Waals surface area contributed by atoms with Gasteiger partial charge in [0.05, 0.1) is 19.8 Å². The quantitative estimate of drug-likeness (QED) is 0.753. The topological polar surface area (TPSA) is 75.4 Å².